The van der Waals surface area contributed by atoms with E-state index in [4.69, 9.17) is 15.0 Å². The largest absolute Gasteiger partial charge is 0.364 e. The summed E-state index contributed by atoms with van der Waals surface area (Å²) in [4.78, 5) is 18.3. The Kier molecular flexibility index (Phi) is 3.94. The molecular weight excluding hydrogens is 348 g/mol. The van der Waals surface area contributed by atoms with E-state index in [1.807, 2.05) is 48.5 Å². The third kappa shape index (κ3) is 2.95. The van der Waals surface area contributed by atoms with E-state index in [-0.39, 0.29) is 0 Å². The van der Waals surface area contributed by atoms with Gasteiger partial charge >= 0.3 is 0 Å². The molecule has 0 unspecified atom stereocenters. The summed E-state index contributed by atoms with van der Waals surface area (Å²) in [7, 11) is 0. The molecule has 0 fully saturated rings. The molecule has 0 aliphatic carbocycles. The zero-order valence-corrected chi connectivity index (χ0v) is 15.4. The highest BCUT2D eigenvalue weighted by atomic mass is 15.1. The molecule has 0 aliphatic rings. The lowest BCUT2D eigenvalue weighted by molar-refractivity contribution is 1.05. The Hall–Kier alpha value is -3.80. The molecule has 0 aliphatic heterocycles. The van der Waals surface area contributed by atoms with Crippen molar-refractivity contribution in [1.29, 1.82) is 0 Å². The van der Waals surface area contributed by atoms with Gasteiger partial charge in [0.1, 0.15) is 11.5 Å². The molecule has 1 N–H and O–H groups in total. The van der Waals surface area contributed by atoms with Crippen LogP contribution in [0.5, 0.6) is 0 Å². The molecule has 1 aromatic carbocycles. The highest BCUT2D eigenvalue weighted by Gasteiger charge is 2.10. The number of hydrogen-bond acceptors (Lipinski definition) is 5. The zero-order chi connectivity index (χ0) is 18.9. The molecule has 0 atom stereocenters. The van der Waals surface area contributed by atoms with E-state index in [1.165, 1.54) is 0 Å². The number of imidazole rings is 1. The molecule has 5 rings (SSSR count). The second-order valence-electron chi connectivity index (χ2n) is 6.63. The van der Waals surface area contributed by atoms with Crippen LogP contribution in [0.15, 0.2) is 73.2 Å². The molecule has 6 heteroatoms. The Bertz CT molecular complexity index is 1280. The normalized spacial score (nSPS) is 11.2. The van der Waals surface area contributed by atoms with Crippen LogP contribution in [0.2, 0.25) is 0 Å². The maximum atomic E-state index is 4.77. The summed E-state index contributed by atoms with van der Waals surface area (Å²) in [6.45, 7) is 2.66. The number of hydrogen-bond donors (Lipinski definition) is 1. The monoisotopic (exact) mass is 366 g/mol. The van der Waals surface area contributed by atoms with Gasteiger partial charge in [-0.2, -0.15) is 0 Å². The van der Waals surface area contributed by atoms with Crippen molar-refractivity contribution in [1.82, 2.24) is 24.3 Å². The van der Waals surface area contributed by atoms with Crippen molar-refractivity contribution in [3.8, 4) is 11.4 Å². The molecule has 4 heterocycles. The maximum absolute atomic E-state index is 4.77. The van der Waals surface area contributed by atoms with Crippen molar-refractivity contribution in [3.63, 3.8) is 0 Å². The number of nitrogens with one attached hydrogen (secondary N) is 1. The van der Waals surface area contributed by atoms with Crippen molar-refractivity contribution in [2.24, 2.45) is 0 Å². The highest BCUT2D eigenvalue weighted by molar-refractivity contribution is 5.90. The Balaban J connectivity index is 1.53. The van der Waals surface area contributed by atoms with E-state index in [0.717, 1.165) is 39.3 Å². The van der Waals surface area contributed by atoms with Gasteiger partial charge in [0, 0.05) is 35.2 Å². The number of aromatic nitrogens is 5. The van der Waals surface area contributed by atoms with Crippen LogP contribution in [0.25, 0.3) is 27.9 Å². The summed E-state index contributed by atoms with van der Waals surface area (Å²) in [5, 5.41) is 4.44. The Labute approximate surface area is 162 Å². The number of anilines is 1. The molecule has 0 spiro atoms. The van der Waals surface area contributed by atoms with Crippen LogP contribution in [-0.4, -0.2) is 24.3 Å². The average Bonchev–Trinajstić information content (AvgIpc) is 3.17. The zero-order valence-electron chi connectivity index (χ0n) is 15.4. The molecule has 0 bridgehead atoms. The summed E-state index contributed by atoms with van der Waals surface area (Å²) in [5.74, 6) is 1.47. The van der Waals surface area contributed by atoms with Gasteiger partial charge in [-0.15, -0.1) is 0 Å². The second kappa shape index (κ2) is 6.74. The third-order valence-corrected chi connectivity index (χ3v) is 4.72. The molecule has 136 valence electrons. The first kappa shape index (κ1) is 16.4. The van der Waals surface area contributed by atoms with Gasteiger partial charge in [0.25, 0.3) is 0 Å². The molecule has 0 saturated carbocycles. The van der Waals surface area contributed by atoms with Crippen LogP contribution in [0, 0.1) is 6.92 Å². The van der Waals surface area contributed by atoms with Crippen LogP contribution in [0.4, 0.5) is 5.82 Å². The molecule has 0 amide bonds. The standard InChI is InChI=1S/C22H18N6/c1-15-5-4-8-20-25-17(14-28(15)20)13-24-22-18-6-2-3-7-19(18)26-21(27-22)16-9-11-23-12-10-16/h2-12,14H,13H2,1H3,(H,24,26,27). The fraction of sp³-hybridized carbons (Fsp3) is 0.0909. The average molecular weight is 366 g/mol. The first-order valence-electron chi connectivity index (χ1n) is 9.12. The number of nitrogens with zero attached hydrogens (tertiary/aromatic N) is 5. The fourth-order valence-corrected chi connectivity index (χ4v) is 3.30. The minimum absolute atomic E-state index is 0.581. The van der Waals surface area contributed by atoms with Crippen LogP contribution in [-0.2, 0) is 6.54 Å². The lowest BCUT2D eigenvalue weighted by Crippen LogP contribution is -2.04. The third-order valence-electron chi connectivity index (χ3n) is 4.72. The second-order valence-corrected chi connectivity index (χ2v) is 6.63. The molecule has 0 radical (unpaired) electrons. The molecule has 0 saturated heterocycles. The van der Waals surface area contributed by atoms with Gasteiger partial charge in [-0.1, -0.05) is 18.2 Å². The smallest absolute Gasteiger partial charge is 0.162 e. The van der Waals surface area contributed by atoms with E-state index >= 15 is 0 Å². The van der Waals surface area contributed by atoms with E-state index in [1.54, 1.807) is 12.4 Å². The van der Waals surface area contributed by atoms with Crippen molar-refractivity contribution in [2.75, 3.05) is 5.32 Å². The minimum atomic E-state index is 0.581. The number of pyridine rings is 2. The SMILES string of the molecule is Cc1cccc2nc(CNc3nc(-c4ccncc4)nc4ccccc34)cn12. The molecule has 4 aromatic heterocycles. The quantitative estimate of drug-likeness (QED) is 0.515. The topological polar surface area (TPSA) is 68.0 Å². The number of rotatable bonds is 4. The van der Waals surface area contributed by atoms with Gasteiger partial charge in [-0.3, -0.25) is 4.98 Å². The van der Waals surface area contributed by atoms with Crippen molar-refractivity contribution in [3.05, 3.63) is 84.6 Å². The van der Waals surface area contributed by atoms with Crippen LogP contribution < -0.4 is 5.32 Å². The summed E-state index contributed by atoms with van der Waals surface area (Å²) in [6, 6.07) is 18.0. The number of para-hydroxylation sites is 1. The van der Waals surface area contributed by atoms with Crippen molar-refractivity contribution >= 4 is 22.4 Å². The van der Waals surface area contributed by atoms with Crippen LogP contribution >= 0.6 is 0 Å². The number of aryl methyl sites for hydroxylation is 1. The molecular formula is C22H18N6. The molecule has 6 nitrogen and oxygen atoms in total. The number of benzene rings is 1. The van der Waals surface area contributed by atoms with Crippen molar-refractivity contribution in [2.45, 2.75) is 13.5 Å². The predicted molar refractivity (Wildman–Crippen MR) is 110 cm³/mol. The van der Waals surface area contributed by atoms with Gasteiger partial charge in [-0.25, -0.2) is 15.0 Å². The van der Waals surface area contributed by atoms with E-state index in [2.05, 4.69) is 33.9 Å². The summed E-state index contributed by atoms with van der Waals surface area (Å²) < 4.78 is 2.09. The Morgan fingerprint density at radius 1 is 0.893 bits per heavy atom. The predicted octanol–water partition coefficient (Wildman–Crippen LogP) is 4.26. The van der Waals surface area contributed by atoms with Crippen molar-refractivity contribution < 1.29 is 0 Å². The number of fused-ring (bicyclic) bond motifs is 2. The molecule has 5 aromatic rings. The summed E-state index contributed by atoms with van der Waals surface area (Å²) >= 11 is 0. The van der Waals surface area contributed by atoms with Gasteiger partial charge in [-0.05, 0) is 43.3 Å². The van der Waals surface area contributed by atoms with Crippen LogP contribution in [0.3, 0.4) is 0 Å². The lowest BCUT2D eigenvalue weighted by Gasteiger charge is -2.10. The molecule has 28 heavy (non-hydrogen) atoms. The Morgan fingerprint density at radius 3 is 2.61 bits per heavy atom. The van der Waals surface area contributed by atoms with Gasteiger partial charge in [0.2, 0.25) is 0 Å². The van der Waals surface area contributed by atoms with Gasteiger partial charge in [0.15, 0.2) is 5.82 Å². The van der Waals surface area contributed by atoms with E-state index < -0.39 is 0 Å². The van der Waals surface area contributed by atoms with Gasteiger partial charge < -0.3 is 9.72 Å². The van der Waals surface area contributed by atoms with Crippen LogP contribution in [0.1, 0.15) is 11.4 Å². The maximum Gasteiger partial charge on any atom is 0.162 e. The fourth-order valence-electron chi connectivity index (χ4n) is 3.30. The van der Waals surface area contributed by atoms with E-state index in [0.29, 0.717) is 12.4 Å². The Morgan fingerprint density at radius 2 is 1.75 bits per heavy atom. The summed E-state index contributed by atoms with van der Waals surface area (Å²) in [6.07, 6.45) is 5.56. The first-order chi connectivity index (χ1) is 13.8. The highest BCUT2D eigenvalue weighted by Crippen LogP contribution is 2.25. The minimum Gasteiger partial charge on any atom is -0.364 e. The first-order valence-corrected chi connectivity index (χ1v) is 9.12. The lowest BCUT2D eigenvalue weighted by atomic mass is 10.2. The summed E-state index contributed by atoms with van der Waals surface area (Å²) in [5.41, 5.74) is 4.90. The van der Waals surface area contributed by atoms with E-state index in [9.17, 15) is 0 Å². The van der Waals surface area contributed by atoms with Gasteiger partial charge in [0.05, 0.1) is 17.8 Å².